The second kappa shape index (κ2) is 10.7. The number of nitrogens with zero attached hydrogens (tertiary/aromatic N) is 2. The molecule has 0 radical (unpaired) electrons. The second-order valence-corrected chi connectivity index (χ2v) is 13.3. The molecule has 4 amide bonds. The summed E-state index contributed by atoms with van der Waals surface area (Å²) in [5.41, 5.74) is 0.703. The molecule has 2 aliphatic carbocycles. The van der Waals surface area contributed by atoms with E-state index >= 15 is 0 Å². The van der Waals surface area contributed by atoms with E-state index in [1.807, 2.05) is 6.08 Å². The number of para-hydroxylation sites is 1. The van der Waals surface area contributed by atoms with Gasteiger partial charge < -0.3 is 14.9 Å². The van der Waals surface area contributed by atoms with E-state index in [-0.39, 0.29) is 47.4 Å². The number of carboxylic acid groups (broad SMARTS) is 1. The van der Waals surface area contributed by atoms with Gasteiger partial charge in [-0.05, 0) is 89.6 Å². The van der Waals surface area contributed by atoms with Gasteiger partial charge in [0.15, 0.2) is 11.5 Å². The average Bonchev–Trinajstić information content (AvgIpc) is 3.42. The molecule has 4 aliphatic rings. The largest absolute Gasteiger partial charge is 0.503 e. The van der Waals surface area contributed by atoms with Crippen LogP contribution in [0.3, 0.4) is 0 Å². The van der Waals surface area contributed by atoms with Crippen molar-refractivity contribution in [3.8, 4) is 11.5 Å². The lowest BCUT2D eigenvalue weighted by atomic mass is 9.51. The number of benzene rings is 3. The highest BCUT2D eigenvalue weighted by Crippen LogP contribution is 2.64. The molecule has 2 heterocycles. The molecule has 234 valence electrons. The first-order valence-corrected chi connectivity index (χ1v) is 15.7. The number of aromatic hydroxyl groups is 1. The van der Waals surface area contributed by atoms with Crippen molar-refractivity contribution >= 4 is 56.9 Å². The third-order valence-corrected chi connectivity index (χ3v) is 10.8. The third kappa shape index (κ3) is 4.10. The molecule has 2 N–H and O–H groups in total. The third-order valence-electron chi connectivity index (χ3n) is 10.2. The SMILES string of the molecule is COc1cc(C2C3=CCC4C(=O)N(c5cccc(C(=O)O)c5)C(=O)C4C3CC3C(=O)N(c4ccccc4)C(=O)C32C)cc(Br)c1O. The Morgan fingerprint density at radius 3 is 2.33 bits per heavy atom. The number of rotatable bonds is 5. The summed E-state index contributed by atoms with van der Waals surface area (Å²) >= 11 is 3.41. The van der Waals surface area contributed by atoms with Gasteiger partial charge in [-0.3, -0.25) is 24.1 Å². The number of carbonyl (C=O) groups is 5. The van der Waals surface area contributed by atoms with Gasteiger partial charge >= 0.3 is 5.97 Å². The Bertz CT molecular complexity index is 1890. The maximum absolute atomic E-state index is 14.5. The zero-order valence-corrected chi connectivity index (χ0v) is 26.4. The molecule has 11 heteroatoms. The highest BCUT2D eigenvalue weighted by molar-refractivity contribution is 9.10. The second-order valence-electron chi connectivity index (χ2n) is 12.4. The van der Waals surface area contributed by atoms with E-state index in [4.69, 9.17) is 4.74 Å². The Hall–Kier alpha value is -4.77. The molecule has 0 aromatic heterocycles. The lowest BCUT2D eigenvalue weighted by molar-refractivity contribution is -0.131. The van der Waals surface area contributed by atoms with Gasteiger partial charge in [0.05, 0.1) is 51.7 Å². The number of carboxylic acids is 1. The molecule has 7 rings (SSSR count). The molecular formula is C35H29BrN2O8. The van der Waals surface area contributed by atoms with Crippen LogP contribution in [0.4, 0.5) is 11.4 Å². The number of halogens is 1. The van der Waals surface area contributed by atoms with E-state index in [1.165, 1.54) is 36.3 Å². The number of hydrogen-bond acceptors (Lipinski definition) is 7. The van der Waals surface area contributed by atoms with Crippen LogP contribution in [0, 0.1) is 29.1 Å². The van der Waals surface area contributed by atoms with Crippen LogP contribution in [-0.4, -0.2) is 46.9 Å². The van der Waals surface area contributed by atoms with Crippen molar-refractivity contribution < 1.29 is 38.9 Å². The van der Waals surface area contributed by atoms with Gasteiger partial charge in [-0.25, -0.2) is 9.69 Å². The Labute approximate surface area is 272 Å². The predicted octanol–water partition coefficient (Wildman–Crippen LogP) is 5.30. The average molecular weight is 686 g/mol. The number of amides is 4. The van der Waals surface area contributed by atoms with Crippen molar-refractivity contribution in [2.75, 3.05) is 16.9 Å². The van der Waals surface area contributed by atoms with Crippen molar-refractivity contribution in [3.05, 3.63) is 94.0 Å². The smallest absolute Gasteiger partial charge is 0.335 e. The van der Waals surface area contributed by atoms with Crippen molar-refractivity contribution in [1.29, 1.82) is 0 Å². The van der Waals surface area contributed by atoms with Crippen LogP contribution in [0.2, 0.25) is 0 Å². The summed E-state index contributed by atoms with van der Waals surface area (Å²) in [6.07, 6.45) is 2.33. The zero-order chi connectivity index (χ0) is 32.7. The molecule has 2 aliphatic heterocycles. The van der Waals surface area contributed by atoms with Gasteiger partial charge in [-0.15, -0.1) is 0 Å². The summed E-state index contributed by atoms with van der Waals surface area (Å²) in [4.78, 5) is 70.8. The van der Waals surface area contributed by atoms with E-state index < -0.39 is 52.8 Å². The first-order valence-electron chi connectivity index (χ1n) is 14.9. The number of phenols is 1. The molecule has 6 atom stereocenters. The van der Waals surface area contributed by atoms with Crippen LogP contribution >= 0.6 is 15.9 Å². The summed E-state index contributed by atoms with van der Waals surface area (Å²) in [5.74, 6) is -6.36. The summed E-state index contributed by atoms with van der Waals surface area (Å²) < 4.78 is 5.80. The van der Waals surface area contributed by atoms with Gasteiger partial charge in [0.2, 0.25) is 23.6 Å². The van der Waals surface area contributed by atoms with Crippen molar-refractivity contribution in [2.24, 2.45) is 29.1 Å². The molecule has 3 aromatic carbocycles. The van der Waals surface area contributed by atoms with E-state index in [9.17, 15) is 34.2 Å². The van der Waals surface area contributed by atoms with Crippen LogP contribution in [-0.2, 0) is 19.2 Å². The molecule has 1 saturated carbocycles. The number of allylic oxidation sites excluding steroid dienone is 2. The number of fused-ring (bicyclic) bond motifs is 4. The predicted molar refractivity (Wildman–Crippen MR) is 169 cm³/mol. The number of ether oxygens (including phenoxy) is 1. The highest BCUT2D eigenvalue weighted by Gasteiger charge is 2.67. The lowest BCUT2D eigenvalue weighted by Gasteiger charge is -2.49. The van der Waals surface area contributed by atoms with E-state index in [1.54, 1.807) is 49.4 Å². The van der Waals surface area contributed by atoms with Gasteiger partial charge in [0, 0.05) is 5.92 Å². The summed E-state index contributed by atoms with van der Waals surface area (Å²) in [6, 6.07) is 17.8. The summed E-state index contributed by atoms with van der Waals surface area (Å²) in [5, 5.41) is 20.2. The molecule has 6 unspecified atom stereocenters. The minimum Gasteiger partial charge on any atom is -0.503 e. The number of imide groups is 2. The minimum absolute atomic E-state index is 0.0526. The summed E-state index contributed by atoms with van der Waals surface area (Å²) in [6.45, 7) is 1.78. The van der Waals surface area contributed by atoms with Crippen LogP contribution in [0.1, 0.15) is 41.6 Å². The fraction of sp³-hybridized carbons (Fsp3) is 0.286. The normalized spacial score (nSPS) is 28.5. The van der Waals surface area contributed by atoms with Gasteiger partial charge in [0.25, 0.3) is 0 Å². The number of anilines is 2. The first-order chi connectivity index (χ1) is 22.0. The van der Waals surface area contributed by atoms with Gasteiger partial charge in [-0.2, -0.15) is 0 Å². The molecule has 10 nitrogen and oxygen atoms in total. The van der Waals surface area contributed by atoms with Crippen molar-refractivity contribution in [3.63, 3.8) is 0 Å². The molecular weight excluding hydrogens is 656 g/mol. The van der Waals surface area contributed by atoms with Crippen LogP contribution in [0.25, 0.3) is 0 Å². The van der Waals surface area contributed by atoms with Crippen molar-refractivity contribution in [1.82, 2.24) is 0 Å². The van der Waals surface area contributed by atoms with E-state index in [0.29, 0.717) is 15.7 Å². The monoisotopic (exact) mass is 684 g/mol. The standard InChI is InChI=1S/C35H29BrN2O8/c1-35-24(31(41)38(34(35)45)19-8-4-3-5-9-19)16-23-21(28(35)18-14-25(36)29(39)26(15-18)46-2)11-12-22-27(23)32(42)37(30(22)40)20-10-6-7-17(13-20)33(43)44/h3-11,13-15,22-24,27-28,39H,12,16H2,1-2H3,(H,43,44). The Kier molecular flexibility index (Phi) is 6.93. The molecule has 0 spiro atoms. The maximum atomic E-state index is 14.5. The number of phenolic OH excluding ortho intramolecular Hbond substituents is 1. The van der Waals surface area contributed by atoms with Crippen LogP contribution in [0.15, 0.2) is 82.9 Å². The Morgan fingerprint density at radius 1 is 0.913 bits per heavy atom. The first kappa shape index (κ1) is 29.9. The minimum atomic E-state index is -1.26. The molecule has 3 aromatic rings. The Morgan fingerprint density at radius 2 is 1.63 bits per heavy atom. The van der Waals surface area contributed by atoms with Crippen molar-refractivity contribution in [2.45, 2.75) is 25.7 Å². The Balaban J connectivity index is 1.38. The molecule has 0 bridgehead atoms. The van der Waals surface area contributed by atoms with Gasteiger partial charge in [-0.1, -0.05) is 35.9 Å². The maximum Gasteiger partial charge on any atom is 0.335 e. The lowest BCUT2D eigenvalue weighted by Crippen LogP contribution is -2.48. The zero-order valence-electron chi connectivity index (χ0n) is 24.8. The summed E-state index contributed by atoms with van der Waals surface area (Å²) in [7, 11) is 1.42. The van der Waals surface area contributed by atoms with Gasteiger partial charge in [0.1, 0.15) is 0 Å². The topological polar surface area (TPSA) is 142 Å². The van der Waals surface area contributed by atoms with Crippen LogP contribution < -0.4 is 14.5 Å². The molecule has 2 saturated heterocycles. The fourth-order valence-corrected chi connectivity index (χ4v) is 8.63. The highest BCUT2D eigenvalue weighted by atomic mass is 79.9. The number of hydrogen-bond donors (Lipinski definition) is 2. The number of aromatic carboxylic acids is 1. The van der Waals surface area contributed by atoms with E-state index in [2.05, 4.69) is 15.9 Å². The number of carbonyl (C=O) groups excluding carboxylic acids is 4. The van der Waals surface area contributed by atoms with E-state index in [0.717, 1.165) is 10.5 Å². The fourth-order valence-electron chi connectivity index (χ4n) is 8.17. The quantitative estimate of drug-likeness (QED) is 0.273. The number of methoxy groups -OCH3 is 1. The molecule has 46 heavy (non-hydrogen) atoms. The molecule has 3 fully saturated rings. The van der Waals surface area contributed by atoms with Crippen LogP contribution in [0.5, 0.6) is 11.5 Å².